The van der Waals surface area contributed by atoms with Crippen LogP contribution in [0.15, 0.2) is 35.2 Å². The van der Waals surface area contributed by atoms with Gasteiger partial charge in [0.15, 0.2) is 0 Å². The smallest absolute Gasteiger partial charge is 0.242 e. The Kier molecular flexibility index (Phi) is 4.55. The molecule has 1 aromatic rings. The molecule has 1 aromatic carbocycles. The van der Waals surface area contributed by atoms with Gasteiger partial charge in [0.05, 0.1) is 5.54 Å². The normalized spacial score (nSPS) is 24.4. The number of carbonyl (C=O) groups is 1. The van der Waals surface area contributed by atoms with Crippen molar-refractivity contribution in [2.45, 2.75) is 42.5 Å². The van der Waals surface area contributed by atoms with Crippen molar-refractivity contribution in [2.75, 3.05) is 18.8 Å². The topological polar surface area (TPSA) is 46.3 Å². The third kappa shape index (κ3) is 3.43. The zero-order valence-electron chi connectivity index (χ0n) is 12.5. The second-order valence-electron chi connectivity index (χ2n) is 6.39. The minimum absolute atomic E-state index is 0.201. The third-order valence-corrected chi connectivity index (χ3v) is 5.97. The summed E-state index contributed by atoms with van der Waals surface area (Å²) >= 11 is 1.89. The Hall–Kier alpha value is -1.00. The predicted octanol–water partition coefficient (Wildman–Crippen LogP) is 2.90. The Morgan fingerprint density at radius 3 is 2.71 bits per heavy atom. The summed E-state index contributed by atoms with van der Waals surface area (Å²) in [5, 5.41) is 0. The number of carbonyl (C=O) groups excluding carboxylic acids is 1. The molecule has 2 N–H and O–H groups in total. The average molecular weight is 304 g/mol. The van der Waals surface area contributed by atoms with E-state index in [-0.39, 0.29) is 5.91 Å². The molecule has 3 rings (SSSR count). The number of nitrogens with zero attached hydrogens (tertiary/aromatic N) is 1. The molecule has 21 heavy (non-hydrogen) atoms. The van der Waals surface area contributed by atoms with Gasteiger partial charge in [-0.05, 0) is 37.3 Å². The van der Waals surface area contributed by atoms with Crippen LogP contribution in [0, 0.1) is 5.92 Å². The number of thioether (sulfide) groups is 1. The van der Waals surface area contributed by atoms with E-state index in [0.29, 0.717) is 5.92 Å². The average Bonchev–Trinajstić information content (AvgIpc) is 3.15. The fraction of sp³-hybridized carbons (Fsp3) is 0.588. The molecular weight excluding hydrogens is 280 g/mol. The van der Waals surface area contributed by atoms with Gasteiger partial charge in [-0.25, -0.2) is 0 Å². The van der Waals surface area contributed by atoms with Crippen molar-refractivity contribution in [2.24, 2.45) is 11.7 Å². The number of rotatable bonds is 4. The summed E-state index contributed by atoms with van der Waals surface area (Å²) in [5.74, 6) is 1.89. The van der Waals surface area contributed by atoms with E-state index in [1.165, 1.54) is 4.90 Å². The summed E-state index contributed by atoms with van der Waals surface area (Å²) in [6.45, 7) is 1.77. The van der Waals surface area contributed by atoms with Crippen LogP contribution in [0.4, 0.5) is 0 Å². The number of hydrogen-bond donors (Lipinski definition) is 1. The summed E-state index contributed by atoms with van der Waals surface area (Å²) in [5.41, 5.74) is 5.74. The second-order valence-corrected chi connectivity index (χ2v) is 7.49. The highest BCUT2D eigenvalue weighted by Gasteiger charge is 2.41. The van der Waals surface area contributed by atoms with E-state index in [4.69, 9.17) is 5.73 Å². The van der Waals surface area contributed by atoms with Crippen LogP contribution >= 0.6 is 11.8 Å². The van der Waals surface area contributed by atoms with Gasteiger partial charge >= 0.3 is 0 Å². The predicted molar refractivity (Wildman–Crippen MR) is 87.2 cm³/mol. The maximum absolute atomic E-state index is 12.6. The first-order valence-corrected chi connectivity index (χ1v) is 8.92. The number of hydrogen-bond acceptors (Lipinski definition) is 3. The Balaban J connectivity index is 1.50. The Morgan fingerprint density at radius 2 is 2.00 bits per heavy atom. The molecule has 2 fully saturated rings. The summed E-state index contributed by atoms with van der Waals surface area (Å²) in [4.78, 5) is 15.9. The molecule has 1 saturated heterocycles. The highest BCUT2D eigenvalue weighted by molar-refractivity contribution is 7.99. The molecule has 0 bridgehead atoms. The molecule has 1 unspecified atom stereocenters. The number of benzene rings is 1. The van der Waals surface area contributed by atoms with Crippen molar-refractivity contribution in [3.8, 4) is 0 Å². The quantitative estimate of drug-likeness (QED) is 0.870. The van der Waals surface area contributed by atoms with Gasteiger partial charge in [-0.1, -0.05) is 31.0 Å². The van der Waals surface area contributed by atoms with Gasteiger partial charge in [0, 0.05) is 23.7 Å². The monoisotopic (exact) mass is 304 g/mol. The van der Waals surface area contributed by atoms with Crippen LogP contribution in [0.1, 0.15) is 32.1 Å². The minimum Gasteiger partial charge on any atom is -0.341 e. The Morgan fingerprint density at radius 1 is 1.29 bits per heavy atom. The van der Waals surface area contributed by atoms with E-state index >= 15 is 0 Å². The van der Waals surface area contributed by atoms with E-state index in [1.807, 2.05) is 22.7 Å². The van der Waals surface area contributed by atoms with Crippen molar-refractivity contribution in [1.29, 1.82) is 0 Å². The van der Waals surface area contributed by atoms with E-state index in [2.05, 4.69) is 24.3 Å². The van der Waals surface area contributed by atoms with Crippen LogP contribution in [0.5, 0.6) is 0 Å². The molecule has 0 spiro atoms. The van der Waals surface area contributed by atoms with E-state index in [0.717, 1.165) is 50.9 Å². The lowest BCUT2D eigenvalue weighted by Gasteiger charge is -2.28. The molecule has 1 atom stereocenters. The van der Waals surface area contributed by atoms with Crippen molar-refractivity contribution < 1.29 is 4.79 Å². The zero-order valence-corrected chi connectivity index (χ0v) is 13.3. The molecule has 3 nitrogen and oxygen atoms in total. The van der Waals surface area contributed by atoms with Gasteiger partial charge in [-0.3, -0.25) is 4.79 Å². The van der Waals surface area contributed by atoms with Gasteiger partial charge < -0.3 is 10.6 Å². The molecule has 1 amide bonds. The molecule has 1 saturated carbocycles. The van der Waals surface area contributed by atoms with E-state index in [9.17, 15) is 4.79 Å². The van der Waals surface area contributed by atoms with Crippen LogP contribution in [0.3, 0.4) is 0 Å². The molecule has 1 heterocycles. The van der Waals surface area contributed by atoms with Crippen LogP contribution in [0.2, 0.25) is 0 Å². The van der Waals surface area contributed by atoms with E-state index in [1.54, 1.807) is 0 Å². The standard InChI is InChI=1S/C17H24N2OS/c18-17(9-4-5-10-17)16(20)19-11-8-14(12-19)13-21-15-6-2-1-3-7-15/h1-3,6-7,14H,4-5,8-13,18H2. The number of nitrogens with two attached hydrogens (primary N) is 1. The molecule has 1 aliphatic carbocycles. The van der Waals surface area contributed by atoms with Gasteiger partial charge in [0.25, 0.3) is 0 Å². The largest absolute Gasteiger partial charge is 0.341 e. The lowest BCUT2D eigenvalue weighted by Crippen LogP contribution is -2.52. The molecule has 0 radical (unpaired) electrons. The van der Waals surface area contributed by atoms with Gasteiger partial charge in [0.2, 0.25) is 5.91 Å². The molecule has 2 aliphatic rings. The minimum atomic E-state index is -0.554. The second kappa shape index (κ2) is 6.41. The molecule has 114 valence electrons. The lowest BCUT2D eigenvalue weighted by atomic mass is 9.97. The van der Waals surface area contributed by atoms with Crippen LogP contribution in [0.25, 0.3) is 0 Å². The van der Waals surface area contributed by atoms with Gasteiger partial charge in [0.1, 0.15) is 0 Å². The Bertz CT molecular complexity index is 485. The molecule has 4 heteroatoms. The fourth-order valence-electron chi connectivity index (χ4n) is 3.42. The zero-order chi connectivity index (χ0) is 14.7. The van der Waals surface area contributed by atoms with Crippen LogP contribution < -0.4 is 5.73 Å². The van der Waals surface area contributed by atoms with Gasteiger partial charge in [-0.2, -0.15) is 0 Å². The first-order valence-electron chi connectivity index (χ1n) is 7.93. The molecule has 0 aromatic heterocycles. The molecular formula is C17H24N2OS. The summed E-state index contributed by atoms with van der Waals surface area (Å²) in [6.07, 6.45) is 5.05. The van der Waals surface area contributed by atoms with Crippen LogP contribution in [-0.2, 0) is 4.79 Å². The number of likely N-dealkylation sites (tertiary alicyclic amines) is 1. The fourth-order valence-corrected chi connectivity index (χ4v) is 4.47. The SMILES string of the molecule is NC1(C(=O)N2CCC(CSc3ccccc3)C2)CCCC1. The van der Waals surface area contributed by atoms with E-state index < -0.39 is 5.54 Å². The maximum Gasteiger partial charge on any atom is 0.242 e. The summed E-state index contributed by atoms with van der Waals surface area (Å²) in [7, 11) is 0. The lowest BCUT2D eigenvalue weighted by molar-refractivity contribution is -0.135. The highest BCUT2D eigenvalue weighted by Crippen LogP contribution is 2.32. The third-order valence-electron chi connectivity index (χ3n) is 4.72. The first kappa shape index (κ1) is 14.9. The van der Waals surface area contributed by atoms with Crippen molar-refractivity contribution in [1.82, 2.24) is 4.90 Å². The first-order chi connectivity index (χ1) is 10.2. The van der Waals surface area contributed by atoms with Crippen molar-refractivity contribution in [3.05, 3.63) is 30.3 Å². The Labute approximate surface area is 131 Å². The van der Waals surface area contributed by atoms with Crippen molar-refractivity contribution in [3.63, 3.8) is 0 Å². The van der Waals surface area contributed by atoms with Crippen LogP contribution in [-0.4, -0.2) is 35.2 Å². The molecule has 1 aliphatic heterocycles. The number of amides is 1. The maximum atomic E-state index is 12.6. The summed E-state index contributed by atoms with van der Waals surface area (Å²) < 4.78 is 0. The van der Waals surface area contributed by atoms with Gasteiger partial charge in [-0.15, -0.1) is 11.8 Å². The summed E-state index contributed by atoms with van der Waals surface area (Å²) in [6, 6.07) is 10.5. The van der Waals surface area contributed by atoms with Crippen molar-refractivity contribution >= 4 is 17.7 Å². The highest BCUT2D eigenvalue weighted by atomic mass is 32.2.